The molecule has 2 heterocycles. The molecule has 3 rings (SSSR count). The third-order valence-electron chi connectivity index (χ3n) is 4.92. The largest absolute Gasteiger partial charge is 0.383 e. The quantitative estimate of drug-likeness (QED) is 0.663. The number of fused-ring (bicyclic) bond motifs is 1. The van der Waals surface area contributed by atoms with Gasteiger partial charge in [0.05, 0.1) is 12.1 Å². The van der Waals surface area contributed by atoms with Crippen molar-refractivity contribution >= 4 is 16.7 Å². The fourth-order valence-electron chi connectivity index (χ4n) is 3.37. The molecule has 0 bridgehead atoms. The number of nitriles is 1. The monoisotopic (exact) mass is 366 g/mol. The first-order valence-electron chi connectivity index (χ1n) is 8.81. The summed E-state index contributed by atoms with van der Waals surface area (Å²) in [6, 6.07) is 10.4. The zero-order valence-corrected chi connectivity index (χ0v) is 16.1. The molecule has 0 aliphatic carbocycles. The number of benzene rings is 1. The molecule has 6 heteroatoms. The van der Waals surface area contributed by atoms with Gasteiger partial charge in [-0.15, -0.1) is 0 Å². The zero-order chi connectivity index (χ0) is 19.6. The first kappa shape index (κ1) is 18.9. The molecule has 0 aliphatic rings. The first-order chi connectivity index (χ1) is 13.0. The summed E-state index contributed by atoms with van der Waals surface area (Å²) in [5, 5.41) is 10.5. The van der Waals surface area contributed by atoms with Gasteiger partial charge in [0.2, 0.25) is 0 Å². The van der Waals surface area contributed by atoms with Crippen LogP contribution < -0.4 is 4.90 Å². The van der Waals surface area contributed by atoms with E-state index in [1.165, 1.54) is 12.1 Å². The van der Waals surface area contributed by atoms with Crippen LogP contribution >= 0.6 is 0 Å². The third kappa shape index (κ3) is 3.64. The Morgan fingerprint density at radius 1 is 1.26 bits per heavy atom. The van der Waals surface area contributed by atoms with E-state index < -0.39 is 0 Å². The molecular formula is C21H23FN4O. The van der Waals surface area contributed by atoms with Gasteiger partial charge in [0, 0.05) is 38.3 Å². The summed E-state index contributed by atoms with van der Waals surface area (Å²) < 4.78 is 20.7. The van der Waals surface area contributed by atoms with E-state index in [9.17, 15) is 9.65 Å². The lowest BCUT2D eigenvalue weighted by molar-refractivity contribution is 0.188. The number of nitrogens with zero attached hydrogens (tertiary/aromatic N) is 4. The van der Waals surface area contributed by atoms with Crippen LogP contribution in [-0.4, -0.2) is 30.3 Å². The summed E-state index contributed by atoms with van der Waals surface area (Å²) in [6.45, 7) is 5.99. The molecule has 0 atom stereocenters. The molecule has 2 aromatic heterocycles. The van der Waals surface area contributed by atoms with Crippen LogP contribution in [-0.2, 0) is 17.8 Å². The minimum Gasteiger partial charge on any atom is -0.383 e. The topological polar surface area (TPSA) is 54.1 Å². The van der Waals surface area contributed by atoms with Crippen LogP contribution in [0.15, 0.2) is 30.3 Å². The van der Waals surface area contributed by atoms with Crippen LogP contribution in [0.1, 0.15) is 22.5 Å². The number of hydrogen-bond acceptors (Lipinski definition) is 4. The summed E-state index contributed by atoms with van der Waals surface area (Å²) in [5.41, 5.74) is 4.62. The molecule has 0 saturated heterocycles. The van der Waals surface area contributed by atoms with Gasteiger partial charge >= 0.3 is 0 Å². The maximum Gasteiger partial charge on any atom is 0.154 e. The molecule has 27 heavy (non-hydrogen) atoms. The third-order valence-corrected chi connectivity index (χ3v) is 4.92. The number of anilines is 1. The van der Waals surface area contributed by atoms with Gasteiger partial charge in [0.15, 0.2) is 5.82 Å². The van der Waals surface area contributed by atoms with Gasteiger partial charge in [-0.2, -0.15) is 5.26 Å². The van der Waals surface area contributed by atoms with E-state index in [2.05, 4.69) is 29.5 Å². The predicted octanol–water partition coefficient (Wildman–Crippen LogP) is 3.95. The fourth-order valence-corrected chi connectivity index (χ4v) is 3.37. The van der Waals surface area contributed by atoms with Crippen molar-refractivity contribution in [2.45, 2.75) is 26.9 Å². The molecule has 0 unspecified atom stereocenters. The summed E-state index contributed by atoms with van der Waals surface area (Å²) in [4.78, 5) is 6.58. The molecular weight excluding hydrogens is 343 g/mol. The number of aromatic nitrogens is 2. The minimum atomic E-state index is -0.256. The summed E-state index contributed by atoms with van der Waals surface area (Å²) in [7, 11) is 3.62. The molecule has 3 aromatic rings. The number of hydrogen-bond donors (Lipinski definition) is 0. The zero-order valence-electron chi connectivity index (χ0n) is 16.1. The Bertz CT molecular complexity index is 1000. The Balaban J connectivity index is 2.13. The van der Waals surface area contributed by atoms with E-state index in [4.69, 9.17) is 4.74 Å². The Hall–Kier alpha value is -2.91. The highest BCUT2D eigenvalue weighted by Crippen LogP contribution is 2.32. The molecule has 0 N–H and O–H groups in total. The molecule has 0 aliphatic heterocycles. The molecule has 1 aromatic carbocycles. The molecule has 0 radical (unpaired) electrons. The van der Waals surface area contributed by atoms with E-state index in [-0.39, 0.29) is 5.82 Å². The van der Waals surface area contributed by atoms with E-state index in [0.29, 0.717) is 25.4 Å². The van der Waals surface area contributed by atoms with E-state index in [1.54, 1.807) is 19.2 Å². The predicted molar refractivity (Wildman–Crippen MR) is 104 cm³/mol. The number of pyridine rings is 1. The summed E-state index contributed by atoms with van der Waals surface area (Å²) in [6.07, 6.45) is 0. The molecule has 0 fully saturated rings. The van der Waals surface area contributed by atoms with Crippen LogP contribution in [0.4, 0.5) is 10.2 Å². The lowest BCUT2D eigenvalue weighted by Gasteiger charge is -2.21. The SMILES string of the molecule is COCCn1c(C)c(C)c2cc(C#N)nc(N(C)Cc3ccc(F)cc3)c21. The lowest BCUT2D eigenvalue weighted by Crippen LogP contribution is -2.20. The van der Waals surface area contributed by atoms with E-state index >= 15 is 0 Å². The highest BCUT2D eigenvalue weighted by Gasteiger charge is 2.19. The van der Waals surface area contributed by atoms with Crippen molar-refractivity contribution in [3.8, 4) is 6.07 Å². The van der Waals surface area contributed by atoms with Crippen molar-refractivity contribution in [1.82, 2.24) is 9.55 Å². The van der Waals surface area contributed by atoms with Gasteiger partial charge < -0.3 is 14.2 Å². The highest BCUT2D eigenvalue weighted by atomic mass is 19.1. The molecule has 5 nitrogen and oxygen atoms in total. The van der Waals surface area contributed by atoms with Crippen LogP contribution in [0.5, 0.6) is 0 Å². The van der Waals surface area contributed by atoms with Crippen molar-refractivity contribution < 1.29 is 9.13 Å². The second-order valence-corrected chi connectivity index (χ2v) is 6.68. The van der Waals surface area contributed by atoms with Crippen LogP contribution in [0.2, 0.25) is 0 Å². The summed E-state index contributed by atoms with van der Waals surface area (Å²) in [5.74, 6) is 0.480. The second kappa shape index (κ2) is 7.77. The number of aryl methyl sites for hydroxylation is 1. The van der Waals surface area contributed by atoms with Crippen molar-refractivity contribution in [3.05, 3.63) is 58.7 Å². The van der Waals surface area contributed by atoms with E-state index in [0.717, 1.165) is 33.5 Å². The lowest BCUT2D eigenvalue weighted by atomic mass is 10.1. The van der Waals surface area contributed by atoms with Crippen LogP contribution in [0.3, 0.4) is 0 Å². The van der Waals surface area contributed by atoms with Gasteiger partial charge in [-0.25, -0.2) is 9.37 Å². The first-order valence-corrected chi connectivity index (χ1v) is 8.81. The van der Waals surface area contributed by atoms with Gasteiger partial charge in [-0.05, 0) is 43.2 Å². The average molecular weight is 366 g/mol. The Morgan fingerprint density at radius 2 is 1.96 bits per heavy atom. The van der Waals surface area contributed by atoms with Crippen molar-refractivity contribution in [2.75, 3.05) is 25.7 Å². The number of ether oxygens (including phenoxy) is 1. The van der Waals surface area contributed by atoms with Gasteiger partial charge in [0.25, 0.3) is 0 Å². The minimum absolute atomic E-state index is 0.256. The highest BCUT2D eigenvalue weighted by molar-refractivity contribution is 5.94. The van der Waals surface area contributed by atoms with Crippen LogP contribution in [0, 0.1) is 31.0 Å². The average Bonchev–Trinajstić information content (AvgIpc) is 2.91. The second-order valence-electron chi connectivity index (χ2n) is 6.68. The Morgan fingerprint density at radius 3 is 2.59 bits per heavy atom. The smallest absolute Gasteiger partial charge is 0.154 e. The molecule has 0 amide bonds. The molecule has 140 valence electrons. The number of halogens is 1. The van der Waals surface area contributed by atoms with Crippen molar-refractivity contribution in [2.24, 2.45) is 0 Å². The Kier molecular flexibility index (Phi) is 5.43. The molecule has 0 saturated carbocycles. The van der Waals surface area contributed by atoms with Gasteiger partial charge in [0.1, 0.15) is 17.6 Å². The van der Waals surface area contributed by atoms with Gasteiger partial charge in [-0.3, -0.25) is 0 Å². The van der Waals surface area contributed by atoms with Crippen LogP contribution in [0.25, 0.3) is 10.9 Å². The normalized spacial score (nSPS) is 11.0. The number of methoxy groups -OCH3 is 1. The summed E-state index contributed by atoms with van der Waals surface area (Å²) >= 11 is 0. The molecule has 0 spiro atoms. The Labute approximate surface area is 158 Å². The van der Waals surface area contributed by atoms with Gasteiger partial charge in [-0.1, -0.05) is 12.1 Å². The standard InChI is InChI=1S/C21H23FN4O/c1-14-15(2)26(9-10-27-4)20-19(14)11-18(12-23)24-21(20)25(3)13-16-5-7-17(22)8-6-16/h5-8,11H,9-10,13H2,1-4H3. The van der Waals surface area contributed by atoms with E-state index in [1.807, 2.05) is 18.0 Å². The maximum atomic E-state index is 13.2. The maximum absolute atomic E-state index is 13.2. The number of rotatable bonds is 6. The van der Waals surface area contributed by atoms with Crippen molar-refractivity contribution in [3.63, 3.8) is 0 Å². The fraction of sp³-hybridized carbons (Fsp3) is 0.333. The van der Waals surface area contributed by atoms with Crippen molar-refractivity contribution in [1.29, 1.82) is 5.26 Å².